The van der Waals surface area contributed by atoms with E-state index >= 15 is 0 Å². The molecule has 0 radical (unpaired) electrons. The van der Waals surface area contributed by atoms with Crippen molar-refractivity contribution < 1.29 is 9.32 Å². The van der Waals surface area contributed by atoms with E-state index in [9.17, 15) is 4.21 Å². The van der Waals surface area contributed by atoms with E-state index in [1.165, 1.54) is 12.8 Å². The van der Waals surface area contributed by atoms with Crippen molar-refractivity contribution in [1.29, 1.82) is 0 Å². The molecular formula is C10H21NO2S. The first-order valence-corrected chi connectivity index (χ1v) is 6.81. The minimum absolute atomic E-state index is 0.174. The van der Waals surface area contributed by atoms with Gasteiger partial charge in [-0.05, 0) is 26.3 Å². The van der Waals surface area contributed by atoms with Crippen LogP contribution in [0.2, 0.25) is 0 Å². The Kier molecular flexibility index (Phi) is 5.67. The summed E-state index contributed by atoms with van der Waals surface area (Å²) in [7, 11) is 1.17. The second-order valence-electron chi connectivity index (χ2n) is 3.95. The fourth-order valence-electron chi connectivity index (χ4n) is 1.95. The maximum atomic E-state index is 11.9. The number of aliphatic hydroxyl groups is 1. The molecule has 0 aliphatic heterocycles. The van der Waals surface area contributed by atoms with Crippen LogP contribution in [0, 0.1) is 0 Å². The lowest BCUT2D eigenvalue weighted by molar-refractivity contribution is 0.272. The Morgan fingerprint density at radius 2 is 2.14 bits per heavy atom. The van der Waals surface area contributed by atoms with Crippen LogP contribution < -0.4 is 5.32 Å². The Labute approximate surface area is 88.7 Å². The van der Waals surface area contributed by atoms with Crippen LogP contribution in [0.4, 0.5) is 0 Å². The van der Waals surface area contributed by atoms with E-state index < -0.39 is 10.8 Å². The first-order valence-electron chi connectivity index (χ1n) is 5.43. The van der Waals surface area contributed by atoms with Crippen LogP contribution in [-0.4, -0.2) is 40.0 Å². The molecule has 84 valence electrons. The normalized spacial score (nSPS) is 22.4. The van der Waals surface area contributed by atoms with Gasteiger partial charge in [0.2, 0.25) is 0 Å². The lowest BCUT2D eigenvalue weighted by atomic mass is 10.2. The molecule has 1 saturated carbocycles. The summed E-state index contributed by atoms with van der Waals surface area (Å²) in [5.74, 6) is 0.696. The van der Waals surface area contributed by atoms with Crippen LogP contribution >= 0.6 is 0 Å². The van der Waals surface area contributed by atoms with Crippen molar-refractivity contribution in [1.82, 2.24) is 5.32 Å². The first-order chi connectivity index (χ1) is 6.77. The summed E-state index contributed by atoms with van der Waals surface area (Å²) in [5.41, 5.74) is 0. The first kappa shape index (κ1) is 12.1. The van der Waals surface area contributed by atoms with Crippen LogP contribution in [0.25, 0.3) is 0 Å². The number of hydrogen-bond donors (Lipinski definition) is 2. The highest BCUT2D eigenvalue weighted by Gasteiger charge is 2.23. The summed E-state index contributed by atoms with van der Waals surface area (Å²) >= 11 is 0. The molecule has 4 heteroatoms. The molecule has 1 fully saturated rings. The molecule has 2 unspecified atom stereocenters. The zero-order valence-corrected chi connectivity index (χ0v) is 9.68. The van der Waals surface area contributed by atoms with Gasteiger partial charge in [-0.1, -0.05) is 12.8 Å². The van der Waals surface area contributed by atoms with E-state index in [1.807, 2.05) is 7.05 Å². The minimum Gasteiger partial charge on any atom is -0.396 e. The Hall–Kier alpha value is 0.0700. The van der Waals surface area contributed by atoms with Crippen molar-refractivity contribution in [3.8, 4) is 0 Å². The third-order valence-electron chi connectivity index (χ3n) is 2.93. The molecule has 1 rings (SSSR count). The average molecular weight is 219 g/mol. The molecule has 2 N–H and O–H groups in total. The summed E-state index contributed by atoms with van der Waals surface area (Å²) in [6.07, 6.45) is 5.43. The van der Waals surface area contributed by atoms with E-state index in [4.69, 9.17) is 5.11 Å². The highest BCUT2D eigenvalue weighted by molar-refractivity contribution is 7.85. The Bertz CT molecular complexity index is 181. The van der Waals surface area contributed by atoms with Crippen molar-refractivity contribution in [2.24, 2.45) is 0 Å². The van der Waals surface area contributed by atoms with Gasteiger partial charge in [-0.3, -0.25) is 4.21 Å². The maximum Gasteiger partial charge on any atom is 0.0446 e. The van der Waals surface area contributed by atoms with Gasteiger partial charge in [0, 0.05) is 34.5 Å². The van der Waals surface area contributed by atoms with Crippen LogP contribution in [0.15, 0.2) is 0 Å². The molecule has 3 nitrogen and oxygen atoms in total. The number of aliphatic hydroxyl groups excluding tert-OH is 1. The Morgan fingerprint density at radius 1 is 1.50 bits per heavy atom. The third kappa shape index (κ3) is 3.67. The summed E-state index contributed by atoms with van der Waals surface area (Å²) in [6.45, 7) is 0.174. The van der Waals surface area contributed by atoms with E-state index in [1.54, 1.807) is 0 Å². The Balaban J connectivity index is 2.29. The standard InChI is InChI=1S/C10H21NO2S/c1-11-9(6-7-12)8-14(13)10-4-2-3-5-10/h9-12H,2-8H2,1H3. The number of nitrogens with one attached hydrogen (secondary N) is 1. The van der Waals surface area contributed by atoms with Gasteiger partial charge in [-0.15, -0.1) is 0 Å². The van der Waals surface area contributed by atoms with Crippen molar-refractivity contribution in [2.75, 3.05) is 19.4 Å². The van der Waals surface area contributed by atoms with E-state index in [0.717, 1.165) is 12.8 Å². The fourth-order valence-corrected chi connectivity index (χ4v) is 3.81. The van der Waals surface area contributed by atoms with Crippen molar-refractivity contribution in [2.45, 2.75) is 43.4 Å². The smallest absolute Gasteiger partial charge is 0.0446 e. The average Bonchev–Trinajstić information content (AvgIpc) is 2.69. The predicted octanol–water partition coefficient (Wildman–Crippen LogP) is 0.648. The van der Waals surface area contributed by atoms with Gasteiger partial charge in [0.25, 0.3) is 0 Å². The molecule has 0 spiro atoms. The molecule has 0 bridgehead atoms. The summed E-state index contributed by atoms with van der Waals surface area (Å²) in [5, 5.41) is 12.3. The molecule has 14 heavy (non-hydrogen) atoms. The highest BCUT2D eigenvalue weighted by Crippen LogP contribution is 2.23. The molecule has 2 atom stereocenters. The second kappa shape index (κ2) is 6.53. The monoisotopic (exact) mass is 219 g/mol. The molecule has 0 heterocycles. The molecule has 0 aromatic rings. The lowest BCUT2D eigenvalue weighted by Gasteiger charge is -2.17. The van der Waals surface area contributed by atoms with Gasteiger partial charge in [0.05, 0.1) is 0 Å². The van der Waals surface area contributed by atoms with E-state index in [-0.39, 0.29) is 12.6 Å². The molecule has 0 amide bonds. The van der Waals surface area contributed by atoms with Crippen molar-refractivity contribution >= 4 is 10.8 Å². The minimum atomic E-state index is -0.700. The molecule has 0 aromatic heterocycles. The highest BCUT2D eigenvalue weighted by atomic mass is 32.2. The molecular weight excluding hydrogens is 198 g/mol. The van der Waals surface area contributed by atoms with Crippen LogP contribution in [0.3, 0.4) is 0 Å². The second-order valence-corrected chi connectivity index (χ2v) is 5.71. The van der Waals surface area contributed by atoms with Gasteiger partial charge in [-0.2, -0.15) is 0 Å². The van der Waals surface area contributed by atoms with Gasteiger partial charge in [-0.25, -0.2) is 0 Å². The molecule has 1 aliphatic carbocycles. The zero-order chi connectivity index (χ0) is 10.4. The fraction of sp³-hybridized carbons (Fsp3) is 1.00. The maximum absolute atomic E-state index is 11.9. The van der Waals surface area contributed by atoms with Gasteiger partial charge >= 0.3 is 0 Å². The molecule has 1 aliphatic rings. The number of hydrogen-bond acceptors (Lipinski definition) is 3. The predicted molar refractivity (Wildman–Crippen MR) is 59.8 cm³/mol. The largest absolute Gasteiger partial charge is 0.396 e. The van der Waals surface area contributed by atoms with Gasteiger partial charge in [0.15, 0.2) is 0 Å². The SMILES string of the molecule is CNC(CCO)CS(=O)C1CCCC1. The molecule has 0 saturated heterocycles. The quantitative estimate of drug-likeness (QED) is 0.689. The van der Waals surface area contributed by atoms with Crippen molar-refractivity contribution in [3.63, 3.8) is 0 Å². The molecule has 0 aromatic carbocycles. The van der Waals surface area contributed by atoms with E-state index in [0.29, 0.717) is 17.4 Å². The number of rotatable bonds is 6. The summed E-state index contributed by atoms with van der Waals surface area (Å²) < 4.78 is 11.9. The topological polar surface area (TPSA) is 49.3 Å². The van der Waals surface area contributed by atoms with Gasteiger partial charge < -0.3 is 10.4 Å². The third-order valence-corrected chi connectivity index (χ3v) is 4.87. The van der Waals surface area contributed by atoms with Crippen LogP contribution in [0.5, 0.6) is 0 Å². The van der Waals surface area contributed by atoms with Gasteiger partial charge in [0.1, 0.15) is 0 Å². The zero-order valence-electron chi connectivity index (χ0n) is 8.87. The van der Waals surface area contributed by atoms with E-state index in [2.05, 4.69) is 5.32 Å². The van der Waals surface area contributed by atoms with Crippen LogP contribution in [0.1, 0.15) is 32.1 Å². The summed E-state index contributed by atoms with van der Waals surface area (Å²) in [4.78, 5) is 0. The van der Waals surface area contributed by atoms with Crippen molar-refractivity contribution in [3.05, 3.63) is 0 Å². The van der Waals surface area contributed by atoms with Crippen LogP contribution in [-0.2, 0) is 10.8 Å². The lowest BCUT2D eigenvalue weighted by Crippen LogP contribution is -2.34. The Morgan fingerprint density at radius 3 is 2.64 bits per heavy atom. The summed E-state index contributed by atoms with van der Waals surface area (Å²) in [6, 6.07) is 0.210.